The molecule has 1 aliphatic rings. The van der Waals surface area contributed by atoms with Gasteiger partial charge >= 0.3 is 0 Å². The molecule has 8 heteroatoms. The summed E-state index contributed by atoms with van der Waals surface area (Å²) in [6.07, 6.45) is 1.10. The summed E-state index contributed by atoms with van der Waals surface area (Å²) in [5, 5.41) is 34.4. The zero-order valence-corrected chi connectivity index (χ0v) is 22.6. The van der Waals surface area contributed by atoms with Gasteiger partial charge in [0.1, 0.15) is 23.3 Å². The number of nitriles is 4. The number of nitrogens with zero attached hydrogens (tertiary/aromatic N) is 4. The second-order valence-corrected chi connectivity index (χ2v) is 9.19. The molecular weight excluding hydrogens is 528 g/mol. The Balaban J connectivity index is 0.000000169. The number of hydrogen-bond acceptors (Lipinski definition) is 4. The van der Waals surface area contributed by atoms with Gasteiger partial charge in [-0.3, -0.25) is 0 Å². The average molecular weight is 551 g/mol. The molecule has 0 bridgehead atoms. The zero-order chi connectivity index (χ0) is 30.4. The van der Waals surface area contributed by atoms with Gasteiger partial charge in [-0.25, -0.2) is 17.6 Å². The molecule has 0 amide bonds. The summed E-state index contributed by atoms with van der Waals surface area (Å²) in [6, 6.07) is 23.6. The summed E-state index contributed by atoms with van der Waals surface area (Å²) in [5.74, 6) is -7.58. The van der Waals surface area contributed by atoms with Crippen LogP contribution in [-0.2, 0) is 6.42 Å². The third-order valence-electron chi connectivity index (χ3n) is 7.04. The maximum atomic E-state index is 12.9. The van der Waals surface area contributed by atoms with Crippen LogP contribution in [-0.4, -0.2) is 0 Å². The van der Waals surface area contributed by atoms with Crippen molar-refractivity contribution in [3.63, 3.8) is 0 Å². The van der Waals surface area contributed by atoms with Gasteiger partial charge in [0, 0.05) is 0 Å². The van der Waals surface area contributed by atoms with E-state index in [-0.39, 0.29) is 0 Å². The predicted molar refractivity (Wildman–Crippen MR) is 145 cm³/mol. The van der Waals surface area contributed by atoms with E-state index in [2.05, 4.69) is 60.7 Å². The minimum absolute atomic E-state index is 0.643. The van der Waals surface area contributed by atoms with Crippen LogP contribution in [0.5, 0.6) is 0 Å². The molecule has 5 rings (SSSR count). The van der Waals surface area contributed by atoms with E-state index >= 15 is 0 Å². The quantitative estimate of drug-likeness (QED) is 0.111. The fourth-order valence-corrected chi connectivity index (χ4v) is 4.59. The van der Waals surface area contributed by atoms with Crippen LogP contribution in [0.15, 0.2) is 48.5 Å². The van der Waals surface area contributed by atoms with Crippen molar-refractivity contribution in [3.05, 3.63) is 127 Å². The lowest BCUT2D eigenvalue weighted by Gasteiger charge is -2.12. The molecular formula is C33H22F4N4. The fraction of sp³-hybridized carbons (Fsp3) is 0.152. The maximum Gasteiger partial charge on any atom is 0.197 e. The molecule has 41 heavy (non-hydrogen) atoms. The summed E-state index contributed by atoms with van der Waals surface area (Å²) in [5.41, 5.74) is 8.25. The van der Waals surface area contributed by atoms with Crippen molar-refractivity contribution in [1.82, 2.24) is 0 Å². The Labute approximate surface area is 235 Å². The Morgan fingerprint density at radius 1 is 0.463 bits per heavy atom. The fourth-order valence-electron chi connectivity index (χ4n) is 4.59. The van der Waals surface area contributed by atoms with Crippen LogP contribution in [0.1, 0.15) is 55.6 Å². The van der Waals surface area contributed by atoms with Crippen LogP contribution in [0.25, 0.3) is 11.1 Å². The molecule has 1 aliphatic carbocycles. The van der Waals surface area contributed by atoms with E-state index in [1.807, 2.05) is 27.7 Å². The number of rotatable bonds is 0. The number of hydrogen-bond donors (Lipinski definition) is 0. The van der Waals surface area contributed by atoms with E-state index in [1.54, 1.807) is 0 Å². The van der Waals surface area contributed by atoms with Gasteiger partial charge in [0.2, 0.25) is 0 Å². The summed E-state index contributed by atoms with van der Waals surface area (Å²) in [7, 11) is 0. The predicted octanol–water partition coefficient (Wildman–Crippen LogP) is 7.91. The normalized spacial score (nSPS) is 10.2. The molecule has 4 aromatic rings. The van der Waals surface area contributed by atoms with Gasteiger partial charge in [-0.2, -0.15) is 21.0 Å². The van der Waals surface area contributed by atoms with Crippen molar-refractivity contribution in [1.29, 1.82) is 21.0 Å². The van der Waals surface area contributed by atoms with E-state index in [1.165, 1.54) is 22.3 Å². The average Bonchev–Trinajstić information content (AvgIpc) is 3.36. The summed E-state index contributed by atoms with van der Waals surface area (Å²) in [6.45, 7) is 7.63. The Hall–Kier alpha value is -5.44. The van der Waals surface area contributed by atoms with Gasteiger partial charge in [-0.15, -0.1) is 0 Å². The molecule has 0 radical (unpaired) electrons. The minimum atomic E-state index is -2.03. The molecule has 0 unspecified atom stereocenters. The third kappa shape index (κ3) is 5.65. The smallest absolute Gasteiger partial charge is 0.197 e. The molecule has 4 nitrogen and oxygen atoms in total. The zero-order valence-electron chi connectivity index (χ0n) is 22.6. The Morgan fingerprint density at radius 3 is 1.20 bits per heavy atom. The van der Waals surface area contributed by atoms with Crippen LogP contribution in [0, 0.1) is 96.3 Å². The van der Waals surface area contributed by atoms with Crippen LogP contribution in [0.3, 0.4) is 0 Å². The van der Waals surface area contributed by atoms with Crippen molar-refractivity contribution >= 4 is 0 Å². The molecule has 4 aromatic carbocycles. The van der Waals surface area contributed by atoms with Crippen molar-refractivity contribution in [3.8, 4) is 35.4 Å². The molecule has 0 saturated carbocycles. The highest BCUT2D eigenvalue weighted by Gasteiger charge is 2.25. The first-order valence-corrected chi connectivity index (χ1v) is 12.3. The van der Waals surface area contributed by atoms with Gasteiger partial charge in [-0.05, 0) is 78.6 Å². The van der Waals surface area contributed by atoms with Crippen molar-refractivity contribution in [2.75, 3.05) is 0 Å². The molecule has 0 atom stereocenters. The molecule has 0 aromatic heterocycles. The van der Waals surface area contributed by atoms with Crippen LogP contribution in [0.2, 0.25) is 0 Å². The summed E-state index contributed by atoms with van der Waals surface area (Å²) < 4.78 is 50.8. The van der Waals surface area contributed by atoms with E-state index < -0.39 is 34.4 Å². The Morgan fingerprint density at radius 2 is 0.829 bits per heavy atom. The number of benzene rings is 4. The van der Waals surface area contributed by atoms with Gasteiger partial charge in [-0.1, -0.05) is 48.5 Å². The van der Waals surface area contributed by atoms with E-state index in [0.29, 0.717) is 11.1 Å². The molecule has 202 valence electrons. The largest absolute Gasteiger partial charge is 0.204 e. The van der Waals surface area contributed by atoms with Crippen molar-refractivity contribution in [2.45, 2.75) is 34.1 Å². The standard InChI is InChI=1S/C13H10.C12H12N2.C8F4N2/c1-3-7-12-10(5-1)9-11-6-2-4-8-13(11)12;1-7-8(2)11(5-13)10(4)12(6-14)9(7)3;9-5-3(1-13)6(10)8(12)7(11)4(5)2-14/h1-8H,9H2;1-4H3;. The van der Waals surface area contributed by atoms with Gasteiger partial charge in [0.25, 0.3) is 0 Å². The van der Waals surface area contributed by atoms with Gasteiger partial charge in [0.05, 0.1) is 23.3 Å². The lowest BCUT2D eigenvalue weighted by atomic mass is 9.90. The first-order valence-electron chi connectivity index (χ1n) is 12.3. The Kier molecular flexibility index (Phi) is 9.26. The van der Waals surface area contributed by atoms with E-state index in [0.717, 1.165) is 40.8 Å². The van der Waals surface area contributed by atoms with E-state index in [4.69, 9.17) is 21.0 Å². The monoisotopic (exact) mass is 550 g/mol. The Bertz CT molecular complexity index is 1630. The molecule has 0 aliphatic heterocycles. The third-order valence-corrected chi connectivity index (χ3v) is 7.04. The second kappa shape index (κ2) is 12.6. The summed E-state index contributed by atoms with van der Waals surface area (Å²) >= 11 is 0. The lowest BCUT2D eigenvalue weighted by Crippen LogP contribution is -2.04. The van der Waals surface area contributed by atoms with Crippen molar-refractivity contribution < 1.29 is 17.6 Å². The van der Waals surface area contributed by atoms with Gasteiger partial charge in [0.15, 0.2) is 23.3 Å². The van der Waals surface area contributed by atoms with E-state index in [9.17, 15) is 17.6 Å². The van der Waals surface area contributed by atoms with Crippen LogP contribution < -0.4 is 0 Å². The number of halogens is 4. The van der Waals surface area contributed by atoms with Crippen LogP contribution in [0.4, 0.5) is 17.6 Å². The lowest BCUT2D eigenvalue weighted by molar-refractivity contribution is 0.429. The first kappa shape index (κ1) is 30.1. The highest BCUT2D eigenvalue weighted by Crippen LogP contribution is 2.35. The van der Waals surface area contributed by atoms with Crippen molar-refractivity contribution in [2.24, 2.45) is 0 Å². The molecule has 0 heterocycles. The topological polar surface area (TPSA) is 95.2 Å². The molecule has 0 spiro atoms. The minimum Gasteiger partial charge on any atom is -0.204 e. The molecule has 0 saturated heterocycles. The maximum absolute atomic E-state index is 12.9. The SMILES string of the molecule is Cc1c(C)c(C#N)c(C)c(C#N)c1C.N#Cc1c(F)c(F)c(F)c(C#N)c1F.c1ccc2c(c1)Cc1ccccc1-2. The molecule has 0 N–H and O–H groups in total. The summed E-state index contributed by atoms with van der Waals surface area (Å²) in [4.78, 5) is 0. The second-order valence-electron chi connectivity index (χ2n) is 9.19. The van der Waals surface area contributed by atoms with Crippen LogP contribution >= 0.6 is 0 Å². The molecule has 0 fully saturated rings. The first-order chi connectivity index (χ1) is 19.5. The number of fused-ring (bicyclic) bond motifs is 3. The highest BCUT2D eigenvalue weighted by atomic mass is 19.2. The van der Waals surface area contributed by atoms with Gasteiger partial charge < -0.3 is 0 Å². The highest BCUT2D eigenvalue weighted by molar-refractivity contribution is 5.76.